The smallest absolute Gasteiger partial charge is 0.254 e. The quantitative estimate of drug-likeness (QED) is 0.698. The second-order valence-electron chi connectivity index (χ2n) is 2.76. The van der Waals surface area contributed by atoms with Crippen LogP contribution in [0, 0.1) is 0 Å². The number of rotatable bonds is 2. The largest absolute Gasteiger partial charge is 0.350 e. The van der Waals surface area contributed by atoms with Crippen LogP contribution < -0.4 is 5.32 Å². The van der Waals surface area contributed by atoms with Crippen molar-refractivity contribution in [3.8, 4) is 0 Å². The number of carbonyl (C=O) groups excluding carboxylic acids is 1. The predicted molar refractivity (Wildman–Crippen MR) is 44.6 cm³/mol. The monoisotopic (exact) mass is 165 g/mol. The Labute approximate surface area is 71.0 Å². The number of nitrogens with one attached hydrogen (secondary N) is 1. The average Bonchev–Trinajstić information content (AvgIpc) is 2.05. The molecule has 0 radical (unpaired) electrons. The SMILES string of the molecule is CC(C)NC(=O)c1cncnc1. The summed E-state index contributed by atoms with van der Waals surface area (Å²) >= 11 is 0. The first-order chi connectivity index (χ1) is 5.70. The molecule has 1 amide bonds. The van der Waals surface area contributed by atoms with Crippen LogP contribution in [0.4, 0.5) is 0 Å². The van der Waals surface area contributed by atoms with Gasteiger partial charge in [-0.25, -0.2) is 9.97 Å². The number of hydrogen-bond donors (Lipinski definition) is 1. The van der Waals surface area contributed by atoms with E-state index in [0.717, 1.165) is 0 Å². The van der Waals surface area contributed by atoms with E-state index in [1.54, 1.807) is 0 Å². The molecule has 1 aromatic heterocycles. The number of carbonyl (C=O) groups is 1. The molecule has 1 heterocycles. The van der Waals surface area contributed by atoms with Crippen LogP contribution >= 0.6 is 0 Å². The van der Waals surface area contributed by atoms with E-state index >= 15 is 0 Å². The van der Waals surface area contributed by atoms with Crippen molar-refractivity contribution in [3.63, 3.8) is 0 Å². The van der Waals surface area contributed by atoms with Crippen LogP contribution in [0.3, 0.4) is 0 Å². The van der Waals surface area contributed by atoms with E-state index in [9.17, 15) is 4.79 Å². The van der Waals surface area contributed by atoms with Crippen molar-refractivity contribution in [3.05, 3.63) is 24.3 Å². The molecular formula is C8H11N3O. The van der Waals surface area contributed by atoms with Crippen LogP contribution in [0.15, 0.2) is 18.7 Å². The number of amides is 1. The van der Waals surface area contributed by atoms with Crippen molar-refractivity contribution in [1.82, 2.24) is 15.3 Å². The summed E-state index contributed by atoms with van der Waals surface area (Å²) in [5.41, 5.74) is 0.492. The second kappa shape index (κ2) is 3.80. The fourth-order valence-corrected chi connectivity index (χ4v) is 0.762. The first-order valence-electron chi connectivity index (χ1n) is 3.76. The summed E-state index contributed by atoms with van der Waals surface area (Å²) in [7, 11) is 0. The minimum Gasteiger partial charge on any atom is -0.350 e. The van der Waals surface area contributed by atoms with Crippen molar-refractivity contribution < 1.29 is 4.79 Å². The Hall–Kier alpha value is -1.45. The Bertz CT molecular complexity index is 258. The van der Waals surface area contributed by atoms with Gasteiger partial charge in [-0.1, -0.05) is 0 Å². The molecule has 0 saturated heterocycles. The zero-order chi connectivity index (χ0) is 8.97. The van der Waals surface area contributed by atoms with E-state index in [1.165, 1.54) is 18.7 Å². The van der Waals surface area contributed by atoms with Gasteiger partial charge in [0.2, 0.25) is 0 Å². The number of aromatic nitrogens is 2. The average molecular weight is 165 g/mol. The lowest BCUT2D eigenvalue weighted by atomic mass is 10.3. The normalized spacial score (nSPS) is 9.92. The molecule has 0 bridgehead atoms. The van der Waals surface area contributed by atoms with Gasteiger partial charge in [-0.3, -0.25) is 4.79 Å². The highest BCUT2D eigenvalue weighted by Crippen LogP contribution is 1.93. The topological polar surface area (TPSA) is 54.9 Å². The van der Waals surface area contributed by atoms with Crippen molar-refractivity contribution in [2.45, 2.75) is 19.9 Å². The summed E-state index contributed by atoms with van der Waals surface area (Å²) in [4.78, 5) is 18.7. The van der Waals surface area contributed by atoms with Crippen LogP contribution in [0.1, 0.15) is 24.2 Å². The van der Waals surface area contributed by atoms with Gasteiger partial charge in [-0.2, -0.15) is 0 Å². The second-order valence-corrected chi connectivity index (χ2v) is 2.76. The minimum atomic E-state index is -0.134. The Kier molecular flexibility index (Phi) is 2.74. The highest BCUT2D eigenvalue weighted by atomic mass is 16.1. The third-order valence-corrected chi connectivity index (χ3v) is 1.24. The molecule has 0 aromatic carbocycles. The lowest BCUT2D eigenvalue weighted by Crippen LogP contribution is -2.30. The van der Waals surface area contributed by atoms with Crippen molar-refractivity contribution in [2.24, 2.45) is 0 Å². The third kappa shape index (κ3) is 2.30. The van der Waals surface area contributed by atoms with Crippen LogP contribution in [0.2, 0.25) is 0 Å². The summed E-state index contributed by atoms with van der Waals surface area (Å²) < 4.78 is 0. The first kappa shape index (κ1) is 8.64. The fourth-order valence-electron chi connectivity index (χ4n) is 0.762. The van der Waals surface area contributed by atoms with Crippen LogP contribution in [0.25, 0.3) is 0 Å². The molecular weight excluding hydrogens is 154 g/mol. The maximum atomic E-state index is 11.3. The van der Waals surface area contributed by atoms with E-state index < -0.39 is 0 Å². The zero-order valence-electron chi connectivity index (χ0n) is 7.11. The van der Waals surface area contributed by atoms with Crippen molar-refractivity contribution in [1.29, 1.82) is 0 Å². The van der Waals surface area contributed by atoms with Gasteiger partial charge in [0.1, 0.15) is 6.33 Å². The zero-order valence-corrected chi connectivity index (χ0v) is 7.11. The van der Waals surface area contributed by atoms with Crippen molar-refractivity contribution in [2.75, 3.05) is 0 Å². The molecule has 1 N–H and O–H groups in total. The summed E-state index contributed by atoms with van der Waals surface area (Å²) in [5, 5.41) is 2.74. The molecule has 4 nitrogen and oxygen atoms in total. The Morgan fingerprint density at radius 1 is 1.42 bits per heavy atom. The summed E-state index contributed by atoms with van der Waals surface area (Å²) in [5.74, 6) is -0.134. The predicted octanol–water partition coefficient (Wildman–Crippen LogP) is 0.615. The molecule has 64 valence electrons. The van der Waals surface area contributed by atoms with Crippen LogP contribution in [-0.4, -0.2) is 21.9 Å². The summed E-state index contributed by atoms with van der Waals surface area (Å²) in [6.07, 6.45) is 4.38. The van der Waals surface area contributed by atoms with Gasteiger partial charge in [0.25, 0.3) is 5.91 Å². The molecule has 4 heteroatoms. The molecule has 0 saturated carbocycles. The van der Waals surface area contributed by atoms with E-state index in [0.29, 0.717) is 5.56 Å². The van der Waals surface area contributed by atoms with E-state index in [-0.39, 0.29) is 11.9 Å². The molecule has 0 aliphatic carbocycles. The fraction of sp³-hybridized carbons (Fsp3) is 0.375. The molecule has 0 fully saturated rings. The number of hydrogen-bond acceptors (Lipinski definition) is 3. The lowest BCUT2D eigenvalue weighted by Gasteiger charge is -2.06. The maximum Gasteiger partial charge on any atom is 0.254 e. The molecule has 12 heavy (non-hydrogen) atoms. The molecule has 0 unspecified atom stereocenters. The minimum absolute atomic E-state index is 0.134. The van der Waals surface area contributed by atoms with Gasteiger partial charge >= 0.3 is 0 Å². The van der Waals surface area contributed by atoms with Gasteiger partial charge in [0.05, 0.1) is 5.56 Å². The van der Waals surface area contributed by atoms with Gasteiger partial charge in [0.15, 0.2) is 0 Å². The molecule has 1 rings (SSSR count). The van der Waals surface area contributed by atoms with Gasteiger partial charge in [-0.15, -0.1) is 0 Å². The lowest BCUT2D eigenvalue weighted by molar-refractivity contribution is 0.0942. The maximum absolute atomic E-state index is 11.3. The van der Waals surface area contributed by atoms with Crippen molar-refractivity contribution >= 4 is 5.91 Å². The van der Waals surface area contributed by atoms with E-state index in [2.05, 4.69) is 15.3 Å². The summed E-state index contributed by atoms with van der Waals surface area (Å²) in [6, 6.07) is 0.137. The Morgan fingerprint density at radius 3 is 2.50 bits per heavy atom. The van der Waals surface area contributed by atoms with Gasteiger partial charge < -0.3 is 5.32 Å². The molecule has 0 atom stereocenters. The Morgan fingerprint density at radius 2 is 2.00 bits per heavy atom. The highest BCUT2D eigenvalue weighted by Gasteiger charge is 2.05. The first-order valence-corrected chi connectivity index (χ1v) is 3.76. The molecule has 0 aliphatic heterocycles. The molecule has 1 aromatic rings. The number of nitrogens with zero attached hydrogens (tertiary/aromatic N) is 2. The Balaban J connectivity index is 2.66. The molecule has 0 aliphatic rings. The van der Waals surface area contributed by atoms with Gasteiger partial charge in [-0.05, 0) is 13.8 Å². The van der Waals surface area contributed by atoms with Gasteiger partial charge in [0, 0.05) is 18.4 Å². The van der Waals surface area contributed by atoms with Crippen LogP contribution in [-0.2, 0) is 0 Å². The highest BCUT2D eigenvalue weighted by molar-refractivity contribution is 5.93. The van der Waals surface area contributed by atoms with E-state index in [4.69, 9.17) is 0 Å². The molecule has 0 spiro atoms. The third-order valence-electron chi connectivity index (χ3n) is 1.24. The summed E-state index contributed by atoms with van der Waals surface area (Å²) in [6.45, 7) is 3.81. The van der Waals surface area contributed by atoms with E-state index in [1.807, 2.05) is 13.8 Å². The standard InChI is InChI=1S/C8H11N3O/c1-6(2)11-8(12)7-3-9-5-10-4-7/h3-6H,1-2H3,(H,11,12). The van der Waals surface area contributed by atoms with Crippen LogP contribution in [0.5, 0.6) is 0 Å².